The van der Waals surface area contributed by atoms with Gasteiger partial charge in [0, 0.05) is 22.0 Å². The third-order valence-corrected chi connectivity index (χ3v) is 6.77. The van der Waals surface area contributed by atoms with Crippen molar-refractivity contribution in [1.29, 1.82) is 0 Å². The van der Waals surface area contributed by atoms with Crippen molar-refractivity contribution in [1.82, 2.24) is 0 Å². The molecule has 0 spiro atoms. The maximum absolute atomic E-state index is 12.9. The van der Waals surface area contributed by atoms with Crippen LogP contribution in [0.3, 0.4) is 0 Å². The van der Waals surface area contributed by atoms with Crippen molar-refractivity contribution in [2.45, 2.75) is 40.0 Å². The summed E-state index contributed by atoms with van der Waals surface area (Å²) in [5.41, 5.74) is -0.437. The number of carbonyl (C=O) groups excluding carboxylic acids is 2. The first-order valence-corrected chi connectivity index (χ1v) is 8.13. The normalized spacial score (nSPS) is 33.2. The molecule has 1 aromatic carbocycles. The molecule has 1 amide bonds. The van der Waals surface area contributed by atoms with Crippen LogP contribution in [0, 0.1) is 16.2 Å². The molecule has 0 saturated heterocycles. The summed E-state index contributed by atoms with van der Waals surface area (Å²) in [7, 11) is 0. The van der Waals surface area contributed by atoms with Crippen molar-refractivity contribution in [2.75, 3.05) is 5.32 Å². The summed E-state index contributed by atoms with van der Waals surface area (Å²) < 4.78 is 0.975. The Labute approximate surface area is 133 Å². The Morgan fingerprint density at radius 2 is 1.76 bits per heavy atom. The molecule has 0 aromatic heterocycles. The number of hydrogen-bond donors (Lipinski definition) is 1. The molecule has 2 bridgehead atoms. The van der Waals surface area contributed by atoms with Crippen molar-refractivity contribution in [3.8, 4) is 0 Å². The van der Waals surface area contributed by atoms with E-state index in [9.17, 15) is 9.59 Å². The minimum Gasteiger partial charge on any atom is -0.326 e. The topological polar surface area (TPSA) is 46.2 Å². The molecule has 0 aliphatic heterocycles. The summed E-state index contributed by atoms with van der Waals surface area (Å²) >= 11 is 3.38. The Balaban J connectivity index is 1.91. The van der Waals surface area contributed by atoms with E-state index >= 15 is 0 Å². The van der Waals surface area contributed by atoms with Gasteiger partial charge in [0.2, 0.25) is 5.91 Å². The van der Waals surface area contributed by atoms with Crippen molar-refractivity contribution in [3.63, 3.8) is 0 Å². The van der Waals surface area contributed by atoms with Gasteiger partial charge in [0.25, 0.3) is 0 Å². The second-order valence-electron chi connectivity index (χ2n) is 7.10. The SMILES string of the molecule is CC1(C)[C@]2(C(=O)Nc3ccc(Br)cc3)CC[C@]1(C)C(=O)C2. The molecule has 0 heterocycles. The molecular formula is C17H20BrNO2. The Hall–Kier alpha value is -1.16. The van der Waals surface area contributed by atoms with Crippen LogP contribution in [-0.2, 0) is 9.59 Å². The van der Waals surface area contributed by atoms with Crippen molar-refractivity contribution >= 4 is 33.3 Å². The number of hydrogen-bond acceptors (Lipinski definition) is 2. The molecule has 3 rings (SSSR count). The number of halogens is 1. The number of nitrogens with one attached hydrogen (secondary N) is 1. The molecular weight excluding hydrogens is 330 g/mol. The van der Waals surface area contributed by atoms with E-state index < -0.39 is 5.41 Å². The van der Waals surface area contributed by atoms with Crippen molar-refractivity contribution in [3.05, 3.63) is 28.7 Å². The van der Waals surface area contributed by atoms with Crippen LogP contribution in [0.5, 0.6) is 0 Å². The fraction of sp³-hybridized carbons (Fsp3) is 0.529. The number of Topliss-reactive ketones (excluding diaryl/α,β-unsaturated/α-hetero) is 1. The molecule has 2 fully saturated rings. The Morgan fingerprint density at radius 3 is 2.24 bits per heavy atom. The zero-order valence-corrected chi connectivity index (χ0v) is 14.2. The highest BCUT2D eigenvalue weighted by molar-refractivity contribution is 9.10. The van der Waals surface area contributed by atoms with E-state index in [2.05, 4.69) is 35.1 Å². The largest absolute Gasteiger partial charge is 0.326 e. The first-order chi connectivity index (χ1) is 9.73. The average Bonchev–Trinajstić information content (AvgIpc) is 2.72. The molecule has 1 aromatic rings. The van der Waals surface area contributed by atoms with Gasteiger partial charge in [0.1, 0.15) is 5.78 Å². The first-order valence-electron chi connectivity index (χ1n) is 7.33. The standard InChI is InChI=1S/C17H20BrNO2/c1-15(2)16(3)8-9-17(15,10-13(16)20)14(21)19-12-6-4-11(18)5-7-12/h4-7H,8-10H2,1-3H3,(H,19,21)/t16-,17-/m1/s1. The lowest BCUT2D eigenvalue weighted by molar-refractivity contribution is -0.131. The van der Waals surface area contributed by atoms with Gasteiger partial charge < -0.3 is 5.32 Å². The number of anilines is 1. The van der Waals surface area contributed by atoms with Gasteiger partial charge in [-0.25, -0.2) is 0 Å². The predicted octanol–water partition coefficient (Wildman–Crippen LogP) is 4.17. The summed E-state index contributed by atoms with van der Waals surface area (Å²) in [5.74, 6) is 0.231. The molecule has 112 valence electrons. The number of fused-ring (bicyclic) bond motifs is 2. The van der Waals surface area contributed by atoms with E-state index in [1.54, 1.807) is 0 Å². The third-order valence-electron chi connectivity index (χ3n) is 6.24. The summed E-state index contributed by atoms with van der Waals surface area (Å²) in [6.07, 6.45) is 1.98. The molecule has 4 heteroatoms. The van der Waals surface area contributed by atoms with Gasteiger partial charge in [-0.3, -0.25) is 9.59 Å². The lowest BCUT2D eigenvalue weighted by Gasteiger charge is -2.38. The van der Waals surface area contributed by atoms with Gasteiger partial charge in [-0.1, -0.05) is 36.7 Å². The van der Waals surface area contributed by atoms with E-state index in [0.29, 0.717) is 6.42 Å². The predicted molar refractivity (Wildman–Crippen MR) is 86.0 cm³/mol. The molecule has 2 aliphatic rings. The van der Waals surface area contributed by atoms with Crippen LogP contribution in [0.15, 0.2) is 28.7 Å². The molecule has 0 unspecified atom stereocenters. The Bertz CT molecular complexity index is 622. The second-order valence-corrected chi connectivity index (χ2v) is 8.02. The highest BCUT2D eigenvalue weighted by atomic mass is 79.9. The molecule has 2 atom stereocenters. The average molecular weight is 350 g/mol. The number of rotatable bonds is 2. The van der Waals surface area contributed by atoms with Crippen molar-refractivity contribution < 1.29 is 9.59 Å². The Kier molecular flexibility index (Phi) is 3.11. The summed E-state index contributed by atoms with van der Waals surface area (Å²) in [6, 6.07) is 7.54. The fourth-order valence-corrected chi connectivity index (χ4v) is 4.41. The summed E-state index contributed by atoms with van der Waals surface area (Å²) in [4.78, 5) is 25.3. The van der Waals surface area contributed by atoms with E-state index in [1.807, 2.05) is 31.2 Å². The zero-order chi connectivity index (χ0) is 15.5. The number of ketones is 1. The van der Waals surface area contributed by atoms with Crippen LogP contribution >= 0.6 is 15.9 Å². The quantitative estimate of drug-likeness (QED) is 0.870. The van der Waals surface area contributed by atoms with Crippen LogP contribution in [0.2, 0.25) is 0 Å². The molecule has 2 aliphatic carbocycles. The van der Waals surface area contributed by atoms with Crippen LogP contribution in [0.4, 0.5) is 5.69 Å². The monoisotopic (exact) mass is 349 g/mol. The highest BCUT2D eigenvalue weighted by Gasteiger charge is 2.72. The minimum atomic E-state index is -0.564. The van der Waals surface area contributed by atoms with Crippen molar-refractivity contribution in [2.24, 2.45) is 16.2 Å². The molecule has 21 heavy (non-hydrogen) atoms. The minimum absolute atomic E-state index is 0.00982. The first kappa shape index (κ1) is 14.8. The van der Waals surface area contributed by atoms with Crippen LogP contribution < -0.4 is 5.32 Å². The third kappa shape index (κ3) is 1.78. The van der Waals surface area contributed by atoms with E-state index in [-0.39, 0.29) is 22.5 Å². The number of benzene rings is 1. The van der Waals surface area contributed by atoms with Gasteiger partial charge in [0.15, 0.2) is 0 Å². The van der Waals surface area contributed by atoms with Gasteiger partial charge in [-0.15, -0.1) is 0 Å². The number of carbonyl (C=O) groups is 2. The van der Waals surface area contributed by atoms with E-state index in [0.717, 1.165) is 23.0 Å². The van der Waals surface area contributed by atoms with Crippen LogP contribution in [0.25, 0.3) is 0 Å². The lowest BCUT2D eigenvalue weighted by atomic mass is 9.64. The smallest absolute Gasteiger partial charge is 0.231 e. The van der Waals surface area contributed by atoms with Gasteiger partial charge in [-0.2, -0.15) is 0 Å². The maximum atomic E-state index is 12.9. The molecule has 0 radical (unpaired) electrons. The zero-order valence-electron chi connectivity index (χ0n) is 12.6. The second kappa shape index (κ2) is 4.42. The van der Waals surface area contributed by atoms with Gasteiger partial charge >= 0.3 is 0 Å². The number of amides is 1. The van der Waals surface area contributed by atoms with E-state index in [1.165, 1.54) is 0 Å². The Morgan fingerprint density at radius 1 is 1.14 bits per heavy atom. The highest BCUT2D eigenvalue weighted by Crippen LogP contribution is 2.70. The molecule has 1 N–H and O–H groups in total. The molecule has 2 saturated carbocycles. The maximum Gasteiger partial charge on any atom is 0.231 e. The lowest BCUT2D eigenvalue weighted by Crippen LogP contribution is -2.43. The van der Waals surface area contributed by atoms with Gasteiger partial charge in [0.05, 0.1) is 5.41 Å². The van der Waals surface area contributed by atoms with E-state index in [4.69, 9.17) is 0 Å². The molecule has 3 nitrogen and oxygen atoms in total. The van der Waals surface area contributed by atoms with Gasteiger partial charge in [-0.05, 0) is 42.5 Å². The van der Waals surface area contributed by atoms with Crippen LogP contribution in [0.1, 0.15) is 40.0 Å². The summed E-state index contributed by atoms with van der Waals surface area (Å²) in [6.45, 7) is 6.18. The fourth-order valence-electron chi connectivity index (χ4n) is 4.14. The van der Waals surface area contributed by atoms with Crippen LogP contribution in [-0.4, -0.2) is 11.7 Å². The summed E-state index contributed by atoms with van der Waals surface area (Å²) in [5, 5.41) is 3.01.